The molecule has 12 rings (SSSR count). The number of nitrogens with zero attached hydrogens (tertiary/aromatic N) is 3. The highest BCUT2D eigenvalue weighted by atomic mass is 15.2. The fourth-order valence-electron chi connectivity index (χ4n) is 9.69. The first kappa shape index (κ1) is 31.1. The molecule has 1 N–H and O–H groups in total. The van der Waals surface area contributed by atoms with Crippen LogP contribution in [0.1, 0.15) is 45.1 Å². The van der Waals surface area contributed by atoms with E-state index in [-0.39, 0.29) is 6.17 Å². The molecule has 0 radical (unpaired) electrons. The van der Waals surface area contributed by atoms with Crippen molar-refractivity contribution in [2.24, 2.45) is 9.98 Å². The standard InChI is InChI=1S/C52H34N4/c1-3-14-33(15-4-1)34-26-28-36(29-27-34)50-53-49(35-16-5-2-6-17-35)54-51(55-50)37-30-31-44-47(32-37)56-46-25-12-9-20-40(46)41-21-13-24-45(48(41)56)52(44)42-22-10-7-18-38(42)39-19-8-11-23-43(39)52/h1-32,51H,(H,53,54,55). The molecule has 0 saturated heterocycles. The molecule has 4 heteroatoms. The lowest BCUT2D eigenvalue weighted by atomic mass is 9.65. The Morgan fingerprint density at radius 2 is 1.05 bits per heavy atom. The van der Waals surface area contributed by atoms with Crippen LogP contribution in [0.25, 0.3) is 49.7 Å². The summed E-state index contributed by atoms with van der Waals surface area (Å²) in [5.41, 5.74) is 16.4. The van der Waals surface area contributed by atoms with Gasteiger partial charge in [0.15, 0.2) is 5.84 Å². The van der Waals surface area contributed by atoms with Crippen LogP contribution in [0.5, 0.6) is 0 Å². The van der Waals surface area contributed by atoms with Crippen molar-refractivity contribution in [1.82, 2.24) is 9.88 Å². The van der Waals surface area contributed by atoms with Crippen LogP contribution >= 0.6 is 0 Å². The fraction of sp³-hybridized carbons (Fsp3) is 0.0385. The summed E-state index contributed by atoms with van der Waals surface area (Å²) in [7, 11) is 0. The molecule has 1 aliphatic carbocycles. The van der Waals surface area contributed by atoms with E-state index >= 15 is 0 Å². The lowest BCUT2D eigenvalue weighted by molar-refractivity contribution is 0.670. The van der Waals surface area contributed by atoms with Crippen molar-refractivity contribution in [2.75, 3.05) is 0 Å². The van der Waals surface area contributed by atoms with E-state index in [0.29, 0.717) is 5.84 Å². The molecule has 0 saturated carbocycles. The Kier molecular flexibility index (Phi) is 6.58. The van der Waals surface area contributed by atoms with Crippen LogP contribution in [0.15, 0.2) is 204 Å². The number of amidine groups is 2. The maximum absolute atomic E-state index is 5.33. The van der Waals surface area contributed by atoms with Gasteiger partial charge in [-0.05, 0) is 62.2 Å². The summed E-state index contributed by atoms with van der Waals surface area (Å²) in [6.45, 7) is 0. The minimum absolute atomic E-state index is 0.370. The average Bonchev–Trinajstić information content (AvgIpc) is 3.77. The highest BCUT2D eigenvalue weighted by Crippen LogP contribution is 2.61. The highest BCUT2D eigenvalue weighted by molar-refractivity contribution is 6.14. The molecule has 8 aromatic carbocycles. The average molecular weight is 715 g/mol. The third kappa shape index (κ3) is 4.29. The topological polar surface area (TPSA) is 41.7 Å². The quantitative estimate of drug-likeness (QED) is 0.194. The van der Waals surface area contributed by atoms with Gasteiger partial charge in [0.2, 0.25) is 0 Å². The molecule has 0 amide bonds. The van der Waals surface area contributed by atoms with E-state index in [9.17, 15) is 0 Å². The molecule has 4 nitrogen and oxygen atoms in total. The van der Waals surface area contributed by atoms with E-state index in [2.05, 4.69) is 186 Å². The first-order chi connectivity index (χ1) is 27.8. The lowest BCUT2D eigenvalue weighted by Crippen LogP contribution is -2.35. The van der Waals surface area contributed by atoms with E-state index in [4.69, 9.17) is 9.98 Å². The number of hydrogen-bond donors (Lipinski definition) is 1. The summed E-state index contributed by atoms with van der Waals surface area (Å²) in [5.74, 6) is 1.51. The van der Waals surface area contributed by atoms with Crippen molar-refractivity contribution >= 4 is 33.5 Å². The second-order valence-electron chi connectivity index (χ2n) is 14.9. The predicted octanol–water partition coefficient (Wildman–Crippen LogP) is 11.6. The van der Waals surface area contributed by atoms with Gasteiger partial charge < -0.3 is 9.88 Å². The largest absolute Gasteiger partial charge is 0.344 e. The first-order valence-electron chi connectivity index (χ1n) is 19.3. The number of para-hydroxylation sites is 2. The predicted molar refractivity (Wildman–Crippen MR) is 229 cm³/mol. The van der Waals surface area contributed by atoms with Gasteiger partial charge in [-0.25, -0.2) is 9.98 Å². The molecule has 0 fully saturated rings. The summed E-state index contributed by atoms with van der Waals surface area (Å²) >= 11 is 0. The summed E-state index contributed by atoms with van der Waals surface area (Å²) in [6.07, 6.45) is -0.370. The summed E-state index contributed by atoms with van der Waals surface area (Å²) in [4.78, 5) is 10.5. The molecule has 3 aliphatic rings. The van der Waals surface area contributed by atoms with E-state index in [0.717, 1.165) is 22.5 Å². The van der Waals surface area contributed by atoms with Crippen LogP contribution in [0.2, 0.25) is 0 Å². The fourth-order valence-corrected chi connectivity index (χ4v) is 9.69. The Bertz CT molecular complexity index is 3050. The number of fused-ring (bicyclic) bond motifs is 12. The molecule has 2 aliphatic heterocycles. The SMILES string of the molecule is c1ccc(C2=NC(c3ccc4c(c3)-n3c5ccccc5c5cccc(c53)C43c4ccccc4-c4ccccc43)NC(c3ccc(-c4ccccc4)cc3)=N2)cc1. The number of aliphatic imine (C=N–C) groups is 2. The number of aromatic nitrogens is 1. The zero-order valence-corrected chi connectivity index (χ0v) is 30.4. The van der Waals surface area contributed by atoms with Crippen LogP contribution in [0, 0.1) is 0 Å². The van der Waals surface area contributed by atoms with Gasteiger partial charge in [-0.3, -0.25) is 0 Å². The monoisotopic (exact) mass is 714 g/mol. The second-order valence-corrected chi connectivity index (χ2v) is 14.9. The van der Waals surface area contributed by atoms with Crippen LogP contribution in [-0.2, 0) is 5.41 Å². The zero-order valence-electron chi connectivity index (χ0n) is 30.4. The molecular weight excluding hydrogens is 681 g/mol. The van der Waals surface area contributed by atoms with Gasteiger partial charge in [0, 0.05) is 21.9 Å². The molecular formula is C52H34N4. The zero-order chi connectivity index (χ0) is 36.8. The van der Waals surface area contributed by atoms with E-state index in [1.54, 1.807) is 0 Å². The first-order valence-corrected chi connectivity index (χ1v) is 19.3. The normalized spacial score (nSPS) is 15.8. The minimum Gasteiger partial charge on any atom is -0.344 e. The smallest absolute Gasteiger partial charge is 0.159 e. The highest BCUT2D eigenvalue weighted by Gasteiger charge is 2.50. The van der Waals surface area contributed by atoms with Crippen molar-refractivity contribution in [3.63, 3.8) is 0 Å². The van der Waals surface area contributed by atoms with Gasteiger partial charge in [-0.1, -0.05) is 182 Å². The Hall–Kier alpha value is -7.30. The van der Waals surface area contributed by atoms with E-state index in [1.807, 2.05) is 18.2 Å². The van der Waals surface area contributed by atoms with Crippen LogP contribution in [0.4, 0.5) is 0 Å². The number of benzene rings is 8. The molecule has 3 heterocycles. The Morgan fingerprint density at radius 3 is 1.80 bits per heavy atom. The second kappa shape index (κ2) is 11.8. The molecule has 262 valence electrons. The molecule has 56 heavy (non-hydrogen) atoms. The number of rotatable bonds is 4. The van der Waals surface area contributed by atoms with Gasteiger partial charge in [-0.15, -0.1) is 0 Å². The van der Waals surface area contributed by atoms with Crippen molar-refractivity contribution in [3.05, 3.63) is 233 Å². The Balaban J connectivity index is 1.08. The third-order valence-corrected chi connectivity index (χ3v) is 12.1. The van der Waals surface area contributed by atoms with Gasteiger partial charge in [0.25, 0.3) is 0 Å². The van der Waals surface area contributed by atoms with Gasteiger partial charge in [0.1, 0.15) is 12.0 Å². The van der Waals surface area contributed by atoms with Gasteiger partial charge in [0.05, 0.1) is 22.1 Å². The summed E-state index contributed by atoms with van der Waals surface area (Å²) < 4.78 is 2.51. The molecule has 9 aromatic rings. The maximum atomic E-state index is 5.33. The van der Waals surface area contributed by atoms with Gasteiger partial charge >= 0.3 is 0 Å². The molecule has 0 bridgehead atoms. The molecule has 1 spiro atoms. The maximum Gasteiger partial charge on any atom is 0.159 e. The van der Waals surface area contributed by atoms with E-state index in [1.165, 1.54) is 72.0 Å². The Morgan fingerprint density at radius 1 is 0.464 bits per heavy atom. The van der Waals surface area contributed by atoms with Crippen molar-refractivity contribution in [1.29, 1.82) is 0 Å². The molecule has 1 unspecified atom stereocenters. The van der Waals surface area contributed by atoms with Crippen LogP contribution in [0.3, 0.4) is 0 Å². The van der Waals surface area contributed by atoms with Gasteiger partial charge in [-0.2, -0.15) is 0 Å². The number of hydrogen-bond acceptors (Lipinski definition) is 3. The van der Waals surface area contributed by atoms with Crippen molar-refractivity contribution < 1.29 is 0 Å². The lowest BCUT2D eigenvalue weighted by Gasteiger charge is -2.40. The minimum atomic E-state index is -0.490. The Labute approximate surface area is 324 Å². The van der Waals surface area contributed by atoms with Crippen molar-refractivity contribution in [2.45, 2.75) is 11.6 Å². The van der Waals surface area contributed by atoms with E-state index < -0.39 is 5.41 Å². The van der Waals surface area contributed by atoms with Crippen LogP contribution in [-0.4, -0.2) is 16.2 Å². The molecule has 1 atom stereocenters. The summed E-state index contributed by atoms with van der Waals surface area (Å²) in [5, 5.41) is 6.30. The van der Waals surface area contributed by atoms with Crippen LogP contribution < -0.4 is 5.32 Å². The third-order valence-electron chi connectivity index (χ3n) is 12.1. The number of nitrogens with one attached hydrogen (secondary N) is 1. The summed E-state index contributed by atoms with van der Waals surface area (Å²) in [6, 6.07) is 70.3. The molecule has 1 aromatic heterocycles. The van der Waals surface area contributed by atoms with Crippen molar-refractivity contribution in [3.8, 4) is 27.9 Å².